The third-order valence-corrected chi connectivity index (χ3v) is 10.9. The molecule has 2 amide bonds. The Bertz CT molecular complexity index is 2140. The van der Waals surface area contributed by atoms with Crippen LogP contribution in [0.1, 0.15) is 35.4 Å². The lowest BCUT2D eigenvalue weighted by Crippen LogP contribution is -2.58. The van der Waals surface area contributed by atoms with Gasteiger partial charge in [-0.15, -0.1) is 0 Å². The predicted molar refractivity (Wildman–Crippen MR) is 180 cm³/mol. The maximum absolute atomic E-state index is 15.0. The SMILES string of the molecule is O=C1C(c2ccccc2)=CC(=O)[C@@]2(c3ccccc3)[C@@H](c3ccccc3O)C3=CC[C@@H]4C(=O)N(c5cccc([N+](=O)[O-])c5)C(=O)[C@@H]4[C@@H]3C[C@@H]12. The lowest BCUT2D eigenvalue weighted by Gasteiger charge is -2.55. The third-order valence-electron chi connectivity index (χ3n) is 10.9. The topological polar surface area (TPSA) is 135 Å². The van der Waals surface area contributed by atoms with Crippen molar-refractivity contribution in [3.63, 3.8) is 0 Å². The molecule has 0 spiro atoms. The van der Waals surface area contributed by atoms with Crippen molar-refractivity contribution in [3.8, 4) is 5.75 Å². The Balaban J connectivity index is 1.34. The van der Waals surface area contributed by atoms with Crippen LogP contribution in [0.25, 0.3) is 5.57 Å². The highest BCUT2D eigenvalue weighted by Gasteiger charge is 2.66. The standard InChI is InChI=1S/C40H30N2O7/c43-33-17-8-7-16-28(33)36-27-18-19-29-35(39(47)41(38(29)46)25-14-9-15-26(20-25)42(48)49)31(27)21-32-37(45)30(23-10-3-1-4-11-23)22-34(44)40(32,36)24-12-5-2-6-13-24/h1-18,20,22,29,31-32,35-36,43H,19,21H2/t29-,31+,32-,35-,36+,40-/m0/s1. The number of aromatic hydroxyl groups is 1. The van der Waals surface area contributed by atoms with Crippen molar-refractivity contribution < 1.29 is 29.2 Å². The van der Waals surface area contributed by atoms with E-state index in [4.69, 9.17) is 0 Å². The Morgan fingerprint density at radius 2 is 1.49 bits per heavy atom. The first-order valence-electron chi connectivity index (χ1n) is 16.2. The van der Waals surface area contributed by atoms with Crippen LogP contribution in [0.5, 0.6) is 5.75 Å². The fourth-order valence-electron chi connectivity index (χ4n) is 8.95. The quantitative estimate of drug-likeness (QED) is 0.115. The number of benzene rings is 4. The number of hydrogen-bond donors (Lipinski definition) is 1. The van der Waals surface area contributed by atoms with Gasteiger partial charge in [-0.1, -0.05) is 96.6 Å². The second-order valence-electron chi connectivity index (χ2n) is 13.1. The number of phenolic OH excluding ortho intramolecular Hbond substituents is 1. The van der Waals surface area contributed by atoms with E-state index in [0.717, 1.165) is 10.5 Å². The molecule has 1 saturated heterocycles. The molecule has 1 saturated carbocycles. The first-order valence-corrected chi connectivity index (χ1v) is 16.2. The van der Waals surface area contributed by atoms with Crippen LogP contribution in [-0.2, 0) is 24.6 Å². The van der Waals surface area contributed by atoms with E-state index in [-0.39, 0.29) is 47.1 Å². The normalized spacial score (nSPS) is 27.5. The first-order chi connectivity index (χ1) is 23.7. The predicted octanol–water partition coefficient (Wildman–Crippen LogP) is 6.33. The molecule has 4 aromatic rings. The van der Waals surface area contributed by atoms with Crippen LogP contribution in [0.3, 0.4) is 0 Å². The van der Waals surface area contributed by atoms with Gasteiger partial charge in [-0.25, -0.2) is 4.90 Å². The number of carbonyl (C=O) groups excluding carboxylic acids is 4. The van der Waals surface area contributed by atoms with Crippen LogP contribution in [0.15, 0.2) is 127 Å². The molecule has 9 nitrogen and oxygen atoms in total. The molecule has 4 aromatic carbocycles. The minimum Gasteiger partial charge on any atom is -0.508 e. The van der Waals surface area contributed by atoms with Gasteiger partial charge in [0.15, 0.2) is 11.6 Å². The summed E-state index contributed by atoms with van der Waals surface area (Å²) < 4.78 is 0. The van der Waals surface area contributed by atoms with Gasteiger partial charge >= 0.3 is 0 Å². The molecule has 1 heterocycles. The van der Waals surface area contributed by atoms with Crippen molar-refractivity contribution in [1.82, 2.24) is 0 Å². The summed E-state index contributed by atoms with van der Waals surface area (Å²) in [6, 6.07) is 30.4. The monoisotopic (exact) mass is 650 g/mol. The third kappa shape index (κ3) is 4.38. The van der Waals surface area contributed by atoms with Crippen molar-refractivity contribution >= 4 is 40.3 Å². The molecule has 0 aromatic heterocycles. The number of nitro benzene ring substituents is 1. The zero-order chi connectivity index (χ0) is 34.0. The number of Topliss-reactive ketones (excluding diaryl/α,β-unsaturated/α-hetero) is 1. The Labute approximate surface area is 281 Å². The minimum atomic E-state index is -1.45. The number of non-ortho nitro benzene ring substituents is 1. The van der Waals surface area contributed by atoms with Gasteiger partial charge in [0.05, 0.1) is 27.9 Å². The zero-order valence-electron chi connectivity index (χ0n) is 26.1. The van der Waals surface area contributed by atoms with E-state index in [1.54, 1.807) is 48.5 Å². The Morgan fingerprint density at radius 3 is 2.20 bits per heavy atom. The summed E-state index contributed by atoms with van der Waals surface area (Å²) in [6.07, 6.45) is 3.66. The van der Waals surface area contributed by atoms with Gasteiger partial charge in [0.25, 0.3) is 5.69 Å². The van der Waals surface area contributed by atoms with Gasteiger partial charge in [0.1, 0.15) is 5.75 Å². The molecule has 6 atom stereocenters. The van der Waals surface area contributed by atoms with Gasteiger partial charge in [-0.3, -0.25) is 29.3 Å². The van der Waals surface area contributed by atoms with Crippen LogP contribution in [0, 0.1) is 33.8 Å². The molecule has 4 aliphatic rings. The molecule has 0 radical (unpaired) electrons. The molecule has 9 heteroatoms. The average Bonchev–Trinajstić information content (AvgIpc) is 3.39. The molecule has 2 fully saturated rings. The summed E-state index contributed by atoms with van der Waals surface area (Å²) in [5.74, 6) is -5.55. The number of hydrogen-bond acceptors (Lipinski definition) is 7. The number of amides is 2. The maximum atomic E-state index is 15.0. The number of rotatable bonds is 5. The summed E-state index contributed by atoms with van der Waals surface area (Å²) in [6.45, 7) is 0. The lowest BCUT2D eigenvalue weighted by molar-refractivity contribution is -0.384. The van der Waals surface area contributed by atoms with E-state index in [0.29, 0.717) is 16.7 Å². The van der Waals surface area contributed by atoms with E-state index in [1.165, 1.54) is 30.3 Å². The molecule has 8 rings (SSSR count). The van der Waals surface area contributed by atoms with Gasteiger partial charge in [0, 0.05) is 35.1 Å². The fourth-order valence-corrected chi connectivity index (χ4v) is 8.95. The van der Waals surface area contributed by atoms with E-state index in [2.05, 4.69) is 0 Å². The average molecular weight is 651 g/mol. The molecule has 242 valence electrons. The highest BCUT2D eigenvalue weighted by Crippen LogP contribution is 2.64. The van der Waals surface area contributed by atoms with Crippen LogP contribution < -0.4 is 4.90 Å². The molecule has 49 heavy (non-hydrogen) atoms. The molecule has 3 aliphatic carbocycles. The van der Waals surface area contributed by atoms with E-state index in [1.807, 2.05) is 42.5 Å². The highest BCUT2D eigenvalue weighted by atomic mass is 16.6. The van der Waals surface area contributed by atoms with Gasteiger partial charge in [0.2, 0.25) is 11.8 Å². The number of phenols is 1. The van der Waals surface area contributed by atoms with Gasteiger partial charge in [-0.05, 0) is 48.1 Å². The number of para-hydroxylation sites is 1. The molecule has 0 bridgehead atoms. The van der Waals surface area contributed by atoms with Crippen molar-refractivity contribution in [2.24, 2.45) is 23.7 Å². The molecular formula is C40H30N2O7. The number of anilines is 1. The molecular weight excluding hydrogens is 620 g/mol. The Morgan fingerprint density at radius 1 is 0.796 bits per heavy atom. The van der Waals surface area contributed by atoms with E-state index >= 15 is 0 Å². The second-order valence-corrected chi connectivity index (χ2v) is 13.1. The van der Waals surface area contributed by atoms with Crippen LogP contribution in [0.4, 0.5) is 11.4 Å². The van der Waals surface area contributed by atoms with Crippen molar-refractivity contribution in [1.29, 1.82) is 0 Å². The number of nitro groups is 1. The number of fused-ring (bicyclic) bond motifs is 4. The van der Waals surface area contributed by atoms with E-state index < -0.39 is 51.7 Å². The maximum Gasteiger partial charge on any atom is 0.271 e. The zero-order valence-corrected chi connectivity index (χ0v) is 26.1. The van der Waals surface area contributed by atoms with Gasteiger partial charge in [-0.2, -0.15) is 0 Å². The minimum absolute atomic E-state index is 0.0460. The number of carbonyl (C=O) groups is 4. The number of imide groups is 1. The molecule has 1 N–H and O–H groups in total. The number of nitrogens with zero attached hydrogens (tertiary/aromatic N) is 2. The largest absolute Gasteiger partial charge is 0.508 e. The Hall–Kier alpha value is -5.96. The highest BCUT2D eigenvalue weighted by molar-refractivity contribution is 6.32. The summed E-state index contributed by atoms with van der Waals surface area (Å²) in [5.41, 5.74) is 1.12. The molecule has 0 unspecified atom stereocenters. The summed E-state index contributed by atoms with van der Waals surface area (Å²) in [4.78, 5) is 70.3. The van der Waals surface area contributed by atoms with Gasteiger partial charge < -0.3 is 5.11 Å². The number of allylic oxidation sites excluding steroid dienone is 4. The van der Waals surface area contributed by atoms with Crippen molar-refractivity contribution in [2.75, 3.05) is 4.90 Å². The Kier molecular flexibility index (Phi) is 7.03. The van der Waals surface area contributed by atoms with Crippen LogP contribution in [-0.4, -0.2) is 33.4 Å². The smallest absolute Gasteiger partial charge is 0.271 e. The summed E-state index contributed by atoms with van der Waals surface area (Å²) >= 11 is 0. The fraction of sp³-hybridized carbons (Fsp3) is 0.200. The lowest BCUT2D eigenvalue weighted by atomic mass is 9.44. The summed E-state index contributed by atoms with van der Waals surface area (Å²) in [5, 5.41) is 23.0. The summed E-state index contributed by atoms with van der Waals surface area (Å²) in [7, 11) is 0. The second kappa shape index (κ2) is 11.3. The van der Waals surface area contributed by atoms with Crippen LogP contribution in [0.2, 0.25) is 0 Å². The van der Waals surface area contributed by atoms with Crippen LogP contribution >= 0.6 is 0 Å². The molecule has 1 aliphatic heterocycles. The van der Waals surface area contributed by atoms with Crippen molar-refractivity contribution in [2.45, 2.75) is 24.2 Å². The van der Waals surface area contributed by atoms with Crippen molar-refractivity contribution in [3.05, 3.63) is 154 Å². The first kappa shape index (κ1) is 30.4. The number of ketones is 2. The van der Waals surface area contributed by atoms with E-state index in [9.17, 15) is 34.4 Å².